The predicted octanol–water partition coefficient (Wildman–Crippen LogP) is -1.15. The fraction of sp³-hybridized carbons (Fsp3) is 0.500. The van der Waals surface area contributed by atoms with Crippen LogP contribution in [0.3, 0.4) is 0 Å². The van der Waals surface area contributed by atoms with Gasteiger partial charge in [-0.25, -0.2) is 9.59 Å². The van der Waals surface area contributed by atoms with Crippen LogP contribution in [-0.4, -0.2) is 57.2 Å². The summed E-state index contributed by atoms with van der Waals surface area (Å²) in [5.41, 5.74) is -2.74. The Labute approximate surface area is 161 Å². The Hall–Kier alpha value is -3.27. The molecule has 1 aliphatic rings. The summed E-state index contributed by atoms with van der Waals surface area (Å²) >= 11 is 0. The lowest BCUT2D eigenvalue weighted by molar-refractivity contribution is -0.200. The second kappa shape index (κ2) is 7.63. The first-order valence-electron chi connectivity index (χ1n) is 8.54. The number of imidazole rings is 1. The van der Waals surface area contributed by atoms with Gasteiger partial charge >= 0.3 is 17.8 Å². The van der Waals surface area contributed by atoms with Crippen LogP contribution >= 0.6 is 0 Å². The number of hydrogen-bond acceptors (Lipinski definition) is 7. The first-order chi connectivity index (χ1) is 13.7. The average molecular weight is 414 g/mol. The Balaban J connectivity index is 2.30. The van der Waals surface area contributed by atoms with Crippen molar-refractivity contribution >= 4 is 23.1 Å². The van der Waals surface area contributed by atoms with E-state index in [2.05, 4.69) is 27.0 Å². The average Bonchev–Trinajstić information content (AvgIpc) is 3.07. The minimum atomic E-state index is -5.34. The first-order valence-corrected chi connectivity index (χ1v) is 8.54. The number of nitrogens with one attached hydrogen (secondary N) is 1. The molecule has 29 heavy (non-hydrogen) atoms. The molecule has 3 heterocycles. The third kappa shape index (κ3) is 3.70. The van der Waals surface area contributed by atoms with E-state index in [4.69, 9.17) is 0 Å². The topological polar surface area (TPSA) is 103 Å². The summed E-state index contributed by atoms with van der Waals surface area (Å²) in [6.45, 7) is 3.86. The van der Waals surface area contributed by atoms with E-state index in [0.29, 0.717) is 30.7 Å². The van der Waals surface area contributed by atoms with E-state index < -0.39 is 29.0 Å². The molecule has 0 aromatic carbocycles. The van der Waals surface area contributed by atoms with Crippen LogP contribution < -0.4 is 26.3 Å². The number of halogens is 3. The molecule has 1 saturated heterocycles. The van der Waals surface area contributed by atoms with Gasteiger partial charge in [0.25, 0.3) is 5.56 Å². The number of carbonyl (C=O) groups excluding carboxylic acids is 1. The number of piperazine rings is 1. The molecule has 0 aliphatic carbocycles. The van der Waals surface area contributed by atoms with Gasteiger partial charge in [0, 0.05) is 33.2 Å². The van der Waals surface area contributed by atoms with E-state index in [0.717, 1.165) is 7.05 Å². The van der Waals surface area contributed by atoms with Crippen molar-refractivity contribution in [2.24, 2.45) is 7.05 Å². The summed E-state index contributed by atoms with van der Waals surface area (Å²) in [6.07, 6.45) is -5.34. The Morgan fingerprint density at radius 1 is 1.28 bits per heavy atom. The normalized spacial score (nSPS) is 14.6. The Kier molecular flexibility index (Phi) is 5.38. The summed E-state index contributed by atoms with van der Waals surface area (Å²) in [4.78, 5) is 46.6. The second-order valence-corrected chi connectivity index (χ2v) is 6.15. The van der Waals surface area contributed by atoms with Gasteiger partial charge in [-0.15, -0.1) is 5.92 Å². The maximum Gasteiger partial charge on any atom is 0.493 e. The fourth-order valence-corrected chi connectivity index (χ4v) is 2.89. The van der Waals surface area contributed by atoms with Crippen LogP contribution in [0, 0.1) is 11.8 Å². The van der Waals surface area contributed by atoms with Crippen molar-refractivity contribution in [1.29, 1.82) is 0 Å². The van der Waals surface area contributed by atoms with Crippen molar-refractivity contribution in [3.8, 4) is 11.8 Å². The molecule has 1 N–H and O–H groups in total. The number of hydrogen-bond donors (Lipinski definition) is 1. The Morgan fingerprint density at radius 3 is 2.52 bits per heavy atom. The van der Waals surface area contributed by atoms with Gasteiger partial charge in [0.05, 0.1) is 6.54 Å². The molecule has 1 fully saturated rings. The van der Waals surface area contributed by atoms with Crippen LogP contribution in [0.25, 0.3) is 11.2 Å². The highest BCUT2D eigenvalue weighted by atomic mass is 19.4. The zero-order valence-corrected chi connectivity index (χ0v) is 15.5. The van der Waals surface area contributed by atoms with E-state index in [1.807, 2.05) is 0 Å². The third-order valence-electron chi connectivity index (χ3n) is 4.31. The number of fused-ring (bicyclic) bond motifs is 1. The van der Waals surface area contributed by atoms with Crippen molar-refractivity contribution in [1.82, 2.24) is 24.2 Å². The lowest BCUT2D eigenvalue weighted by Crippen LogP contribution is -2.45. The van der Waals surface area contributed by atoms with Gasteiger partial charge in [0.1, 0.15) is 0 Å². The van der Waals surface area contributed by atoms with E-state index in [9.17, 15) is 27.6 Å². The highest BCUT2D eigenvalue weighted by Crippen LogP contribution is 2.21. The van der Waals surface area contributed by atoms with Crippen molar-refractivity contribution in [2.45, 2.75) is 19.6 Å². The number of aromatic nitrogens is 4. The quantitative estimate of drug-likeness (QED) is 0.633. The largest absolute Gasteiger partial charge is 0.493 e. The molecular weight excluding hydrogens is 397 g/mol. The Morgan fingerprint density at radius 2 is 1.93 bits per heavy atom. The summed E-state index contributed by atoms with van der Waals surface area (Å²) in [5.74, 6) is 3.08. The van der Waals surface area contributed by atoms with Gasteiger partial charge in [0.2, 0.25) is 11.6 Å². The number of rotatable bonds is 3. The molecule has 0 saturated carbocycles. The molecule has 0 atom stereocenters. The van der Waals surface area contributed by atoms with Crippen LogP contribution in [-0.2, 0) is 18.4 Å². The highest BCUT2D eigenvalue weighted by molar-refractivity contribution is 5.78. The molecule has 1 aliphatic heterocycles. The number of anilines is 1. The number of carbonyl (C=O) groups is 1. The van der Waals surface area contributed by atoms with Crippen LogP contribution in [0.15, 0.2) is 9.59 Å². The Bertz CT molecular complexity index is 1130. The maximum absolute atomic E-state index is 12.7. The van der Waals surface area contributed by atoms with Crippen LogP contribution in [0.5, 0.6) is 0 Å². The van der Waals surface area contributed by atoms with Crippen LogP contribution in [0.4, 0.5) is 19.1 Å². The first kappa shape index (κ1) is 20.5. The summed E-state index contributed by atoms with van der Waals surface area (Å²) in [7, 11) is 1.06. The molecule has 0 spiro atoms. The molecule has 3 rings (SSSR count). The zero-order valence-electron chi connectivity index (χ0n) is 15.5. The highest BCUT2D eigenvalue weighted by Gasteiger charge is 2.43. The van der Waals surface area contributed by atoms with Crippen LogP contribution in [0.2, 0.25) is 0 Å². The smallest absolute Gasteiger partial charge is 0.340 e. The lowest BCUT2D eigenvalue weighted by Gasteiger charge is -2.28. The molecular formula is C16H17F3N6O4. The second-order valence-electron chi connectivity index (χ2n) is 6.15. The third-order valence-corrected chi connectivity index (χ3v) is 4.31. The van der Waals surface area contributed by atoms with Gasteiger partial charge in [0.15, 0.2) is 5.52 Å². The number of alkyl halides is 3. The molecule has 0 bridgehead atoms. The summed E-state index contributed by atoms with van der Waals surface area (Å²) < 4.78 is 40.1. The van der Waals surface area contributed by atoms with E-state index in [-0.39, 0.29) is 22.7 Å². The van der Waals surface area contributed by atoms with Crippen molar-refractivity contribution < 1.29 is 22.8 Å². The fourth-order valence-electron chi connectivity index (χ4n) is 2.89. The van der Waals surface area contributed by atoms with Crippen molar-refractivity contribution in [3.05, 3.63) is 20.8 Å². The van der Waals surface area contributed by atoms with Gasteiger partial charge in [-0.3, -0.25) is 13.9 Å². The van der Waals surface area contributed by atoms with E-state index in [1.165, 1.54) is 4.57 Å². The monoisotopic (exact) mass is 414 g/mol. The molecule has 2 aromatic rings. The molecule has 0 radical (unpaired) electrons. The summed E-state index contributed by atoms with van der Waals surface area (Å²) in [6, 6.07) is 0. The van der Waals surface area contributed by atoms with Gasteiger partial charge in [-0.1, -0.05) is 10.7 Å². The summed E-state index contributed by atoms with van der Waals surface area (Å²) in [5, 5.41) is 3.14. The van der Waals surface area contributed by atoms with Crippen molar-refractivity contribution in [2.75, 3.05) is 31.1 Å². The molecule has 0 amide bonds. The molecule has 2 aromatic heterocycles. The van der Waals surface area contributed by atoms with Gasteiger partial charge in [-0.05, 0) is 6.92 Å². The van der Waals surface area contributed by atoms with Crippen molar-refractivity contribution in [3.63, 3.8) is 0 Å². The molecule has 0 unspecified atom stereocenters. The minimum Gasteiger partial charge on any atom is -0.340 e. The SMILES string of the molecule is CC#CCn1c(N2CCNCC2)nc2c1c(=O)n(C)c(=O)n2OC(=O)C(F)(F)F. The van der Waals surface area contributed by atoms with Gasteiger partial charge in [-0.2, -0.15) is 18.2 Å². The predicted molar refractivity (Wildman–Crippen MR) is 95.4 cm³/mol. The number of nitrogens with zero attached hydrogens (tertiary/aromatic N) is 5. The zero-order chi connectivity index (χ0) is 21.3. The molecule has 156 valence electrons. The van der Waals surface area contributed by atoms with Crippen LogP contribution in [0.1, 0.15) is 6.92 Å². The molecule has 10 nitrogen and oxygen atoms in total. The van der Waals surface area contributed by atoms with E-state index >= 15 is 0 Å². The van der Waals surface area contributed by atoms with E-state index in [1.54, 1.807) is 11.8 Å². The standard InChI is InChI=1S/C16H17F3N6O4/c1-3-4-7-24-10-11(21-14(24)23-8-5-20-6-9-23)25(15(28)22(2)12(10)26)29-13(27)16(17,18)19/h20H,5-9H2,1-2H3. The molecule has 13 heteroatoms. The lowest BCUT2D eigenvalue weighted by atomic mass is 10.4. The minimum absolute atomic E-state index is 0.00687. The van der Waals surface area contributed by atoms with Gasteiger partial charge < -0.3 is 15.1 Å². The maximum atomic E-state index is 12.7.